The molecule has 2 rings (SSSR count). The summed E-state index contributed by atoms with van der Waals surface area (Å²) in [5.74, 6) is -0.146. The van der Waals surface area contributed by atoms with Crippen molar-refractivity contribution in [3.8, 4) is 0 Å². The Morgan fingerprint density at radius 2 is 2.32 bits per heavy atom. The maximum absolute atomic E-state index is 12.4. The zero-order valence-electron chi connectivity index (χ0n) is 10.8. The Morgan fingerprint density at radius 1 is 1.47 bits per heavy atom. The van der Waals surface area contributed by atoms with E-state index in [0.29, 0.717) is 18.7 Å². The molecule has 0 saturated carbocycles. The van der Waals surface area contributed by atoms with E-state index in [0.717, 1.165) is 5.52 Å². The Morgan fingerprint density at radius 3 is 3.05 bits per heavy atom. The van der Waals surface area contributed by atoms with Gasteiger partial charge in [-0.05, 0) is 12.1 Å². The zero-order chi connectivity index (χ0) is 13.7. The van der Waals surface area contributed by atoms with Crippen LogP contribution in [0, 0.1) is 0 Å². The van der Waals surface area contributed by atoms with Gasteiger partial charge in [0.05, 0.1) is 30.5 Å². The number of nitrogens with zero attached hydrogens (tertiary/aromatic N) is 3. The molecule has 2 aromatic rings. The number of carbonyl (C=O) groups is 1. The first-order chi connectivity index (χ1) is 9.27. The third-order valence-corrected chi connectivity index (χ3v) is 2.88. The molecule has 2 heterocycles. The largest absolute Gasteiger partial charge is 0.395 e. The molecule has 1 N–H and O–H groups in total. The second-order valence-corrected chi connectivity index (χ2v) is 4.10. The van der Waals surface area contributed by atoms with Gasteiger partial charge in [0.1, 0.15) is 0 Å². The average Bonchev–Trinajstić information content (AvgIpc) is 2.86. The summed E-state index contributed by atoms with van der Waals surface area (Å²) in [7, 11) is 1.58. The van der Waals surface area contributed by atoms with Gasteiger partial charge < -0.3 is 14.7 Å². The Kier molecular flexibility index (Phi) is 4.48. The fourth-order valence-electron chi connectivity index (χ4n) is 1.91. The van der Waals surface area contributed by atoms with Gasteiger partial charge in [0.2, 0.25) is 0 Å². The topological polar surface area (TPSA) is 67.1 Å². The maximum atomic E-state index is 12.4. The molecular formula is C13H17N3O3. The van der Waals surface area contributed by atoms with Crippen LogP contribution in [0.2, 0.25) is 0 Å². The lowest BCUT2D eigenvalue weighted by Crippen LogP contribution is -2.36. The van der Waals surface area contributed by atoms with Crippen LogP contribution in [-0.2, 0) is 4.74 Å². The number of methoxy groups -OCH3 is 1. The molecule has 0 aliphatic carbocycles. The van der Waals surface area contributed by atoms with E-state index in [1.54, 1.807) is 28.9 Å². The van der Waals surface area contributed by atoms with Crippen molar-refractivity contribution in [2.24, 2.45) is 0 Å². The second-order valence-electron chi connectivity index (χ2n) is 4.10. The van der Waals surface area contributed by atoms with Crippen molar-refractivity contribution < 1.29 is 14.6 Å². The van der Waals surface area contributed by atoms with E-state index in [1.807, 2.05) is 18.2 Å². The smallest absolute Gasteiger partial charge is 0.257 e. The number of aliphatic hydroxyl groups is 1. The van der Waals surface area contributed by atoms with E-state index in [2.05, 4.69) is 5.10 Å². The minimum absolute atomic E-state index is 0.0747. The van der Waals surface area contributed by atoms with Crippen LogP contribution in [-0.4, -0.2) is 58.9 Å². The number of rotatable bonds is 6. The Hall–Kier alpha value is -1.92. The molecule has 0 fully saturated rings. The number of aromatic nitrogens is 2. The lowest BCUT2D eigenvalue weighted by atomic mass is 10.2. The Bertz CT molecular complexity index is 553. The van der Waals surface area contributed by atoms with Crippen molar-refractivity contribution >= 4 is 11.4 Å². The van der Waals surface area contributed by atoms with Crippen LogP contribution in [0.15, 0.2) is 30.6 Å². The monoisotopic (exact) mass is 263 g/mol. The number of hydrogen-bond acceptors (Lipinski definition) is 4. The van der Waals surface area contributed by atoms with Gasteiger partial charge in [-0.2, -0.15) is 5.10 Å². The normalized spacial score (nSPS) is 10.8. The van der Waals surface area contributed by atoms with Crippen LogP contribution >= 0.6 is 0 Å². The highest BCUT2D eigenvalue weighted by Crippen LogP contribution is 2.12. The summed E-state index contributed by atoms with van der Waals surface area (Å²) in [6, 6.07) is 5.55. The number of amides is 1. The zero-order valence-corrected chi connectivity index (χ0v) is 10.8. The molecule has 102 valence electrons. The van der Waals surface area contributed by atoms with Gasteiger partial charge in [-0.1, -0.05) is 6.07 Å². The highest BCUT2D eigenvalue weighted by Gasteiger charge is 2.18. The Labute approximate surface area is 111 Å². The first-order valence-corrected chi connectivity index (χ1v) is 6.09. The summed E-state index contributed by atoms with van der Waals surface area (Å²) in [5.41, 5.74) is 1.29. The van der Waals surface area contributed by atoms with Crippen molar-refractivity contribution in [2.45, 2.75) is 0 Å². The van der Waals surface area contributed by atoms with Crippen LogP contribution in [0.1, 0.15) is 10.4 Å². The molecule has 0 saturated heterocycles. The fourth-order valence-corrected chi connectivity index (χ4v) is 1.91. The van der Waals surface area contributed by atoms with Crippen molar-refractivity contribution in [1.82, 2.24) is 14.5 Å². The molecule has 0 aromatic carbocycles. The molecule has 6 nitrogen and oxygen atoms in total. The number of fused-ring (bicyclic) bond motifs is 1. The first kappa shape index (κ1) is 13.5. The SMILES string of the molecule is COCCN(CCO)C(=O)c1cnn2ccccc12. The first-order valence-electron chi connectivity index (χ1n) is 6.09. The molecule has 0 spiro atoms. The highest BCUT2D eigenvalue weighted by molar-refractivity contribution is 6.00. The van der Waals surface area contributed by atoms with Crippen LogP contribution in [0.25, 0.3) is 5.52 Å². The third kappa shape index (κ3) is 2.91. The summed E-state index contributed by atoms with van der Waals surface area (Å²) < 4.78 is 6.63. The summed E-state index contributed by atoms with van der Waals surface area (Å²) in [5, 5.41) is 13.2. The number of hydrogen-bond donors (Lipinski definition) is 1. The van der Waals surface area contributed by atoms with Gasteiger partial charge in [-0.25, -0.2) is 4.52 Å². The van der Waals surface area contributed by atoms with E-state index in [9.17, 15) is 4.79 Å². The molecule has 0 unspecified atom stereocenters. The number of carbonyl (C=O) groups excluding carboxylic acids is 1. The van der Waals surface area contributed by atoms with E-state index in [4.69, 9.17) is 9.84 Å². The minimum Gasteiger partial charge on any atom is -0.395 e. The molecule has 0 atom stereocenters. The molecule has 0 bridgehead atoms. The standard InChI is InChI=1S/C13H17N3O3/c1-19-9-7-15(6-8-17)13(18)11-10-14-16-5-3-2-4-12(11)16/h2-5,10,17H,6-9H2,1H3. The molecule has 0 aliphatic heterocycles. The summed E-state index contributed by atoms with van der Waals surface area (Å²) in [4.78, 5) is 14.0. The molecule has 19 heavy (non-hydrogen) atoms. The number of aliphatic hydroxyl groups excluding tert-OH is 1. The van der Waals surface area contributed by atoms with Gasteiger partial charge >= 0.3 is 0 Å². The van der Waals surface area contributed by atoms with Crippen LogP contribution in [0.4, 0.5) is 0 Å². The molecule has 0 aliphatic rings. The Balaban J connectivity index is 2.25. The van der Waals surface area contributed by atoms with Gasteiger partial charge in [-0.15, -0.1) is 0 Å². The van der Waals surface area contributed by atoms with Gasteiger partial charge in [0.15, 0.2) is 0 Å². The summed E-state index contributed by atoms with van der Waals surface area (Å²) in [6.07, 6.45) is 3.34. The quantitative estimate of drug-likeness (QED) is 0.820. The lowest BCUT2D eigenvalue weighted by Gasteiger charge is -2.20. The van der Waals surface area contributed by atoms with E-state index >= 15 is 0 Å². The van der Waals surface area contributed by atoms with Crippen molar-refractivity contribution in [1.29, 1.82) is 0 Å². The summed E-state index contributed by atoms with van der Waals surface area (Å²) in [6.45, 7) is 1.09. The minimum atomic E-state index is -0.146. The fraction of sp³-hybridized carbons (Fsp3) is 0.385. The van der Waals surface area contributed by atoms with Crippen LogP contribution in [0.3, 0.4) is 0 Å². The summed E-state index contributed by atoms with van der Waals surface area (Å²) >= 11 is 0. The predicted molar refractivity (Wildman–Crippen MR) is 70.1 cm³/mol. The molecule has 0 radical (unpaired) electrons. The van der Waals surface area contributed by atoms with Crippen molar-refractivity contribution in [3.05, 3.63) is 36.2 Å². The van der Waals surface area contributed by atoms with E-state index < -0.39 is 0 Å². The van der Waals surface area contributed by atoms with Gasteiger partial charge in [-0.3, -0.25) is 4.79 Å². The molecular weight excluding hydrogens is 246 g/mol. The number of ether oxygens (including phenoxy) is 1. The third-order valence-electron chi connectivity index (χ3n) is 2.88. The average molecular weight is 263 g/mol. The van der Waals surface area contributed by atoms with Crippen LogP contribution in [0.5, 0.6) is 0 Å². The molecule has 1 amide bonds. The second kappa shape index (κ2) is 6.31. The van der Waals surface area contributed by atoms with Gasteiger partial charge in [0.25, 0.3) is 5.91 Å². The number of pyridine rings is 1. The highest BCUT2D eigenvalue weighted by atomic mass is 16.5. The lowest BCUT2D eigenvalue weighted by molar-refractivity contribution is 0.0658. The van der Waals surface area contributed by atoms with E-state index in [1.165, 1.54) is 0 Å². The van der Waals surface area contributed by atoms with Crippen molar-refractivity contribution in [3.63, 3.8) is 0 Å². The van der Waals surface area contributed by atoms with Gasteiger partial charge in [0, 0.05) is 26.4 Å². The van der Waals surface area contributed by atoms with E-state index in [-0.39, 0.29) is 19.1 Å². The van der Waals surface area contributed by atoms with Crippen molar-refractivity contribution in [2.75, 3.05) is 33.4 Å². The van der Waals surface area contributed by atoms with Crippen LogP contribution < -0.4 is 0 Å². The molecule has 6 heteroatoms. The maximum Gasteiger partial charge on any atom is 0.257 e. The predicted octanol–water partition coefficient (Wildman–Crippen LogP) is 0.415. The molecule has 2 aromatic heterocycles.